The third kappa shape index (κ3) is 3.98. The molecule has 0 aliphatic heterocycles. The van der Waals surface area contributed by atoms with Gasteiger partial charge in [-0.3, -0.25) is 30.5 Å². The van der Waals surface area contributed by atoms with Crippen molar-refractivity contribution in [2.75, 3.05) is 5.75 Å². The van der Waals surface area contributed by atoms with Crippen LogP contribution < -0.4 is 10.9 Å². The summed E-state index contributed by atoms with van der Waals surface area (Å²) < 4.78 is 5.19. The molecule has 0 aromatic carbocycles. The Morgan fingerprint density at radius 1 is 1.21 bits per heavy atom. The quantitative estimate of drug-likeness (QED) is 0.466. The third-order valence-electron chi connectivity index (χ3n) is 2.81. The Kier molecular flexibility index (Phi) is 4.87. The van der Waals surface area contributed by atoms with E-state index in [1.54, 1.807) is 24.3 Å². The van der Waals surface area contributed by atoms with E-state index in [2.05, 4.69) is 31.0 Å². The second kappa shape index (κ2) is 7.42. The summed E-state index contributed by atoms with van der Waals surface area (Å²) in [5.74, 6) is 0.282. The average Bonchev–Trinajstić information content (AvgIpc) is 3.29. The zero-order chi connectivity index (χ0) is 16.8. The van der Waals surface area contributed by atoms with Crippen molar-refractivity contribution in [2.45, 2.75) is 5.16 Å². The molecule has 0 fully saturated rings. The van der Waals surface area contributed by atoms with Gasteiger partial charge in [0.15, 0.2) is 11.6 Å². The van der Waals surface area contributed by atoms with E-state index in [9.17, 15) is 9.59 Å². The minimum Gasteiger partial charge on any atom is -0.461 e. The Hall–Kier alpha value is -3.14. The van der Waals surface area contributed by atoms with E-state index in [1.165, 1.54) is 18.7 Å². The monoisotopic (exact) mass is 344 g/mol. The van der Waals surface area contributed by atoms with Crippen LogP contribution in [-0.2, 0) is 4.79 Å². The summed E-state index contributed by atoms with van der Waals surface area (Å²) in [4.78, 5) is 31.5. The van der Waals surface area contributed by atoms with Crippen LogP contribution in [0.2, 0.25) is 0 Å². The van der Waals surface area contributed by atoms with E-state index in [1.807, 2.05) is 0 Å². The second-order valence-corrected chi connectivity index (χ2v) is 5.41. The Morgan fingerprint density at radius 3 is 2.79 bits per heavy atom. The first-order valence-electron chi connectivity index (χ1n) is 6.80. The van der Waals surface area contributed by atoms with Crippen molar-refractivity contribution in [3.8, 4) is 11.6 Å². The molecule has 2 amide bonds. The SMILES string of the molecule is O=C(CSc1n[nH]c(-c2ccco2)n1)NNC(=O)c1ccncc1. The van der Waals surface area contributed by atoms with Crippen LogP contribution >= 0.6 is 11.8 Å². The fourth-order valence-corrected chi connectivity index (χ4v) is 2.30. The molecule has 0 aliphatic carbocycles. The van der Waals surface area contributed by atoms with E-state index in [4.69, 9.17) is 4.42 Å². The minimum atomic E-state index is -0.422. The van der Waals surface area contributed by atoms with Crippen molar-refractivity contribution in [3.63, 3.8) is 0 Å². The molecule has 3 aromatic rings. The van der Waals surface area contributed by atoms with Gasteiger partial charge in [0.2, 0.25) is 11.1 Å². The molecule has 122 valence electrons. The predicted octanol–water partition coefficient (Wildman–Crippen LogP) is 1.01. The van der Waals surface area contributed by atoms with Crippen molar-refractivity contribution < 1.29 is 14.0 Å². The van der Waals surface area contributed by atoms with Gasteiger partial charge in [-0.2, -0.15) is 4.98 Å². The third-order valence-corrected chi connectivity index (χ3v) is 3.66. The van der Waals surface area contributed by atoms with Crippen LogP contribution in [0.4, 0.5) is 0 Å². The molecule has 24 heavy (non-hydrogen) atoms. The number of aromatic amines is 1. The number of carbonyl (C=O) groups excluding carboxylic acids is 2. The first-order chi connectivity index (χ1) is 11.7. The fraction of sp³-hybridized carbons (Fsp3) is 0.0714. The molecule has 0 spiro atoms. The molecule has 3 aromatic heterocycles. The molecular weight excluding hydrogens is 332 g/mol. The van der Waals surface area contributed by atoms with E-state index < -0.39 is 5.91 Å². The summed E-state index contributed by atoms with van der Waals surface area (Å²) in [5, 5.41) is 7.10. The first-order valence-corrected chi connectivity index (χ1v) is 7.79. The van der Waals surface area contributed by atoms with Crippen LogP contribution in [0.25, 0.3) is 11.6 Å². The number of nitrogens with zero attached hydrogens (tertiary/aromatic N) is 3. The maximum absolute atomic E-state index is 11.8. The zero-order valence-corrected chi connectivity index (χ0v) is 13.0. The molecule has 3 rings (SSSR count). The molecular formula is C14H12N6O3S. The van der Waals surface area contributed by atoms with E-state index >= 15 is 0 Å². The molecule has 3 N–H and O–H groups in total. The van der Waals surface area contributed by atoms with Crippen LogP contribution in [0.1, 0.15) is 10.4 Å². The number of hydrazine groups is 1. The Bertz CT molecular complexity index is 818. The number of hydrogen-bond donors (Lipinski definition) is 3. The number of rotatable bonds is 5. The highest BCUT2D eigenvalue weighted by atomic mass is 32.2. The lowest BCUT2D eigenvalue weighted by molar-refractivity contribution is -0.119. The summed E-state index contributed by atoms with van der Waals surface area (Å²) in [5.41, 5.74) is 5.04. The number of furan rings is 1. The number of hydrogen-bond acceptors (Lipinski definition) is 7. The van der Waals surface area contributed by atoms with Gasteiger partial charge in [-0.25, -0.2) is 0 Å². The highest BCUT2D eigenvalue weighted by Crippen LogP contribution is 2.18. The van der Waals surface area contributed by atoms with Crippen LogP contribution in [0, 0.1) is 0 Å². The van der Waals surface area contributed by atoms with Gasteiger partial charge in [-0.15, -0.1) is 5.10 Å². The van der Waals surface area contributed by atoms with Gasteiger partial charge in [0.05, 0.1) is 12.0 Å². The maximum Gasteiger partial charge on any atom is 0.269 e. The highest BCUT2D eigenvalue weighted by Gasteiger charge is 2.11. The summed E-state index contributed by atoms with van der Waals surface area (Å²) in [6, 6.07) is 6.57. The molecule has 0 atom stereocenters. The standard InChI is InChI=1S/C14H12N6O3S/c21-11(17-19-13(22)9-3-5-15-6-4-9)8-24-14-16-12(18-20-14)10-2-1-7-23-10/h1-7H,8H2,(H,17,21)(H,19,22)(H,16,18,20). The molecule has 0 bridgehead atoms. The lowest BCUT2D eigenvalue weighted by Gasteiger charge is -2.06. The van der Waals surface area contributed by atoms with Gasteiger partial charge in [0.25, 0.3) is 5.91 Å². The van der Waals surface area contributed by atoms with E-state index in [0.29, 0.717) is 22.3 Å². The molecule has 0 saturated heterocycles. The highest BCUT2D eigenvalue weighted by molar-refractivity contribution is 7.99. The summed E-state index contributed by atoms with van der Waals surface area (Å²) in [6.45, 7) is 0. The van der Waals surface area contributed by atoms with Gasteiger partial charge in [-0.1, -0.05) is 11.8 Å². The number of amides is 2. The number of carbonyl (C=O) groups is 2. The summed E-state index contributed by atoms with van der Waals surface area (Å²) >= 11 is 1.13. The zero-order valence-electron chi connectivity index (χ0n) is 12.2. The Morgan fingerprint density at radius 2 is 2.04 bits per heavy atom. The van der Waals surface area contributed by atoms with Gasteiger partial charge < -0.3 is 4.42 Å². The topological polar surface area (TPSA) is 126 Å². The number of pyridine rings is 1. The smallest absolute Gasteiger partial charge is 0.269 e. The number of aromatic nitrogens is 4. The molecule has 0 aliphatic rings. The Labute approximate surface area is 140 Å². The molecule has 9 nitrogen and oxygen atoms in total. The number of thioether (sulfide) groups is 1. The van der Waals surface area contributed by atoms with Gasteiger partial charge in [-0.05, 0) is 24.3 Å². The lowest BCUT2D eigenvalue weighted by Crippen LogP contribution is -2.42. The van der Waals surface area contributed by atoms with Crippen molar-refractivity contribution >= 4 is 23.6 Å². The normalized spacial score (nSPS) is 10.3. The molecule has 0 saturated carbocycles. The molecule has 0 radical (unpaired) electrons. The molecule has 10 heteroatoms. The Balaban J connectivity index is 1.45. The van der Waals surface area contributed by atoms with Crippen molar-refractivity contribution in [3.05, 3.63) is 48.5 Å². The van der Waals surface area contributed by atoms with Crippen molar-refractivity contribution in [2.24, 2.45) is 0 Å². The van der Waals surface area contributed by atoms with Crippen LogP contribution in [0.5, 0.6) is 0 Å². The van der Waals surface area contributed by atoms with Gasteiger partial charge in [0, 0.05) is 18.0 Å². The molecule has 3 heterocycles. The van der Waals surface area contributed by atoms with Crippen LogP contribution in [-0.4, -0.2) is 37.7 Å². The predicted molar refractivity (Wildman–Crippen MR) is 84.7 cm³/mol. The van der Waals surface area contributed by atoms with Gasteiger partial charge >= 0.3 is 0 Å². The lowest BCUT2D eigenvalue weighted by atomic mass is 10.3. The summed E-state index contributed by atoms with van der Waals surface area (Å²) in [6.07, 6.45) is 4.52. The number of H-pyrrole nitrogens is 1. The van der Waals surface area contributed by atoms with Crippen LogP contribution in [0.3, 0.4) is 0 Å². The largest absolute Gasteiger partial charge is 0.461 e. The van der Waals surface area contributed by atoms with E-state index in [-0.39, 0.29) is 11.7 Å². The minimum absolute atomic E-state index is 0.0477. The number of nitrogens with one attached hydrogen (secondary N) is 3. The molecule has 0 unspecified atom stereocenters. The van der Waals surface area contributed by atoms with Crippen molar-refractivity contribution in [1.29, 1.82) is 0 Å². The van der Waals surface area contributed by atoms with Gasteiger partial charge in [0.1, 0.15) is 0 Å². The first kappa shape index (κ1) is 15.7. The van der Waals surface area contributed by atoms with Crippen molar-refractivity contribution in [1.82, 2.24) is 31.0 Å². The average molecular weight is 344 g/mol. The van der Waals surface area contributed by atoms with E-state index in [0.717, 1.165) is 11.8 Å². The van der Waals surface area contributed by atoms with Crippen LogP contribution in [0.15, 0.2) is 52.5 Å². The maximum atomic E-state index is 11.8. The summed E-state index contributed by atoms with van der Waals surface area (Å²) in [7, 11) is 0. The second-order valence-electron chi connectivity index (χ2n) is 4.47. The fourth-order valence-electron chi connectivity index (χ4n) is 1.70.